The summed E-state index contributed by atoms with van der Waals surface area (Å²) in [7, 11) is 0. The quantitative estimate of drug-likeness (QED) is 0.539. The number of nitrogens with one attached hydrogen (secondary N) is 1. The van der Waals surface area contributed by atoms with Gasteiger partial charge >= 0.3 is 0 Å². The van der Waals surface area contributed by atoms with Crippen molar-refractivity contribution >= 4 is 11.7 Å². The van der Waals surface area contributed by atoms with Crippen molar-refractivity contribution in [3.63, 3.8) is 0 Å². The average molecular weight is 297 g/mol. The molecular weight excluding hydrogens is 262 g/mol. The number of carbonyl (C=O) groups excluding carboxylic acids is 2. The molecule has 0 aliphatic carbocycles. The van der Waals surface area contributed by atoms with Gasteiger partial charge in [0.2, 0.25) is 5.91 Å². The number of rotatable bonds is 12. The Hall–Kier alpha value is -0.860. The molecule has 0 spiro atoms. The highest BCUT2D eigenvalue weighted by molar-refractivity contribution is 5.90. The van der Waals surface area contributed by atoms with Crippen LogP contribution < -0.4 is 5.32 Å². The number of ketones is 1. The summed E-state index contributed by atoms with van der Waals surface area (Å²) in [4.78, 5) is 24.5. The highest BCUT2D eigenvalue weighted by atomic mass is 16.2. The van der Waals surface area contributed by atoms with Crippen molar-refractivity contribution in [2.45, 2.75) is 92.0 Å². The van der Waals surface area contributed by atoms with Gasteiger partial charge in [0.25, 0.3) is 0 Å². The Labute approximate surface area is 131 Å². The molecule has 0 bridgehead atoms. The summed E-state index contributed by atoms with van der Waals surface area (Å²) in [5.74, 6) is 0.194. The van der Waals surface area contributed by atoms with Crippen LogP contribution in [0.4, 0.5) is 0 Å². The molecule has 0 aliphatic rings. The van der Waals surface area contributed by atoms with Crippen LogP contribution in [0.3, 0.4) is 0 Å². The average Bonchev–Trinajstić information content (AvgIpc) is 2.45. The molecule has 2 unspecified atom stereocenters. The normalized spacial score (nSPS) is 14.0. The minimum atomic E-state index is -0.294. The SMILES string of the molecule is CCCCCC(C)C(=O)NC(CCCCC)C(=O)C(C)C. The second kappa shape index (κ2) is 11.8. The minimum absolute atomic E-state index is 0.00480. The molecule has 0 fully saturated rings. The third-order valence-electron chi connectivity index (χ3n) is 4.01. The molecular formula is C18H35NO2. The molecule has 0 rings (SSSR count). The van der Waals surface area contributed by atoms with Crippen LogP contribution in [0.1, 0.15) is 86.0 Å². The highest BCUT2D eigenvalue weighted by Gasteiger charge is 2.24. The largest absolute Gasteiger partial charge is 0.346 e. The van der Waals surface area contributed by atoms with Gasteiger partial charge in [-0.2, -0.15) is 0 Å². The molecule has 0 aromatic heterocycles. The van der Waals surface area contributed by atoms with Crippen LogP contribution in [-0.2, 0) is 9.59 Å². The van der Waals surface area contributed by atoms with Crippen LogP contribution in [-0.4, -0.2) is 17.7 Å². The lowest BCUT2D eigenvalue weighted by atomic mass is 9.95. The first kappa shape index (κ1) is 20.1. The maximum absolute atomic E-state index is 12.2. The van der Waals surface area contributed by atoms with E-state index in [4.69, 9.17) is 0 Å². The van der Waals surface area contributed by atoms with Crippen molar-refractivity contribution < 1.29 is 9.59 Å². The van der Waals surface area contributed by atoms with E-state index in [1.54, 1.807) is 0 Å². The van der Waals surface area contributed by atoms with Crippen LogP contribution in [0.15, 0.2) is 0 Å². The van der Waals surface area contributed by atoms with Crippen LogP contribution in [0, 0.1) is 11.8 Å². The van der Waals surface area contributed by atoms with E-state index in [0.29, 0.717) is 0 Å². The summed E-state index contributed by atoms with van der Waals surface area (Å²) in [5, 5.41) is 3.00. The first-order chi connectivity index (χ1) is 9.93. The predicted molar refractivity (Wildman–Crippen MR) is 89.2 cm³/mol. The van der Waals surface area contributed by atoms with Gasteiger partial charge in [0.15, 0.2) is 5.78 Å². The van der Waals surface area contributed by atoms with Crippen molar-refractivity contribution in [3.8, 4) is 0 Å². The lowest BCUT2D eigenvalue weighted by Gasteiger charge is -2.21. The van der Waals surface area contributed by atoms with Crippen molar-refractivity contribution in [2.75, 3.05) is 0 Å². The Balaban J connectivity index is 4.42. The van der Waals surface area contributed by atoms with E-state index in [1.165, 1.54) is 12.8 Å². The Morgan fingerprint density at radius 3 is 1.86 bits per heavy atom. The second-order valence-corrected chi connectivity index (χ2v) is 6.51. The molecule has 0 heterocycles. The smallest absolute Gasteiger partial charge is 0.223 e. The van der Waals surface area contributed by atoms with Crippen molar-refractivity contribution in [2.24, 2.45) is 11.8 Å². The number of amides is 1. The summed E-state index contributed by atoms with van der Waals surface area (Å²) in [6, 6.07) is -0.294. The molecule has 1 amide bonds. The fraction of sp³-hybridized carbons (Fsp3) is 0.889. The van der Waals surface area contributed by atoms with Crippen LogP contribution in [0.2, 0.25) is 0 Å². The summed E-state index contributed by atoms with van der Waals surface area (Å²) in [6.45, 7) is 10.1. The zero-order chi connectivity index (χ0) is 16.3. The Kier molecular flexibility index (Phi) is 11.3. The Morgan fingerprint density at radius 2 is 1.38 bits per heavy atom. The molecule has 0 aromatic carbocycles. The number of carbonyl (C=O) groups is 2. The zero-order valence-electron chi connectivity index (χ0n) is 14.7. The van der Waals surface area contributed by atoms with Crippen molar-refractivity contribution in [1.82, 2.24) is 5.32 Å². The van der Waals surface area contributed by atoms with Crippen molar-refractivity contribution in [3.05, 3.63) is 0 Å². The fourth-order valence-electron chi connectivity index (χ4n) is 2.43. The highest BCUT2D eigenvalue weighted by Crippen LogP contribution is 2.13. The first-order valence-corrected chi connectivity index (χ1v) is 8.78. The van der Waals surface area contributed by atoms with Gasteiger partial charge in [-0.1, -0.05) is 73.1 Å². The molecule has 21 heavy (non-hydrogen) atoms. The molecule has 2 atom stereocenters. The predicted octanol–water partition coefficient (Wildman–Crippen LogP) is 4.49. The van der Waals surface area contributed by atoms with E-state index < -0.39 is 0 Å². The number of hydrogen-bond donors (Lipinski definition) is 1. The van der Waals surface area contributed by atoms with Gasteiger partial charge in [-0.25, -0.2) is 0 Å². The van der Waals surface area contributed by atoms with Gasteiger partial charge in [0.05, 0.1) is 6.04 Å². The fourth-order valence-corrected chi connectivity index (χ4v) is 2.43. The summed E-state index contributed by atoms with van der Waals surface area (Å²) < 4.78 is 0. The standard InChI is InChI=1S/C18H35NO2/c1-6-8-10-12-15(5)18(21)19-16(13-11-9-7-2)17(20)14(3)4/h14-16H,6-13H2,1-5H3,(H,19,21). The molecule has 0 aliphatic heterocycles. The molecule has 0 radical (unpaired) electrons. The molecule has 3 nitrogen and oxygen atoms in total. The van der Waals surface area contributed by atoms with Gasteiger partial charge < -0.3 is 5.32 Å². The van der Waals surface area contributed by atoms with E-state index in [2.05, 4.69) is 19.2 Å². The number of Topliss-reactive ketones (excluding diaryl/α,β-unsaturated/α-hetero) is 1. The topological polar surface area (TPSA) is 46.2 Å². The third-order valence-corrected chi connectivity index (χ3v) is 4.01. The van der Waals surface area contributed by atoms with Crippen LogP contribution in [0.5, 0.6) is 0 Å². The third kappa shape index (κ3) is 8.90. The van der Waals surface area contributed by atoms with Gasteiger partial charge in [0.1, 0.15) is 0 Å². The van der Waals surface area contributed by atoms with E-state index in [0.717, 1.165) is 38.5 Å². The lowest BCUT2D eigenvalue weighted by Crippen LogP contribution is -2.44. The maximum atomic E-state index is 12.2. The molecule has 124 valence electrons. The summed E-state index contributed by atoms with van der Waals surface area (Å²) >= 11 is 0. The van der Waals surface area contributed by atoms with E-state index in [9.17, 15) is 9.59 Å². The van der Waals surface area contributed by atoms with E-state index in [-0.39, 0.29) is 29.6 Å². The van der Waals surface area contributed by atoms with Gasteiger partial charge in [-0.05, 0) is 12.8 Å². The lowest BCUT2D eigenvalue weighted by molar-refractivity contribution is -0.131. The van der Waals surface area contributed by atoms with Gasteiger partial charge in [-0.3, -0.25) is 9.59 Å². The Bertz CT molecular complexity index is 300. The molecule has 0 saturated heterocycles. The maximum Gasteiger partial charge on any atom is 0.223 e. The molecule has 3 heteroatoms. The number of hydrogen-bond acceptors (Lipinski definition) is 2. The monoisotopic (exact) mass is 297 g/mol. The van der Waals surface area contributed by atoms with E-state index in [1.807, 2.05) is 20.8 Å². The van der Waals surface area contributed by atoms with Gasteiger partial charge in [0, 0.05) is 11.8 Å². The van der Waals surface area contributed by atoms with Crippen LogP contribution in [0.25, 0.3) is 0 Å². The summed E-state index contributed by atoms with van der Waals surface area (Å²) in [6.07, 6.45) is 8.36. The number of unbranched alkanes of at least 4 members (excludes halogenated alkanes) is 4. The molecule has 1 N–H and O–H groups in total. The molecule has 0 saturated carbocycles. The van der Waals surface area contributed by atoms with E-state index >= 15 is 0 Å². The second-order valence-electron chi connectivity index (χ2n) is 6.51. The zero-order valence-corrected chi connectivity index (χ0v) is 14.7. The van der Waals surface area contributed by atoms with Crippen LogP contribution >= 0.6 is 0 Å². The van der Waals surface area contributed by atoms with Gasteiger partial charge in [-0.15, -0.1) is 0 Å². The first-order valence-electron chi connectivity index (χ1n) is 8.78. The van der Waals surface area contributed by atoms with Crippen molar-refractivity contribution in [1.29, 1.82) is 0 Å². The Morgan fingerprint density at radius 1 is 0.857 bits per heavy atom. The summed E-state index contributed by atoms with van der Waals surface area (Å²) in [5.41, 5.74) is 0. The minimum Gasteiger partial charge on any atom is -0.346 e. The molecule has 0 aromatic rings.